The number of hydrogen-bond acceptors (Lipinski definition) is 6. The van der Waals surface area contributed by atoms with Gasteiger partial charge in [0.25, 0.3) is 0 Å². The van der Waals surface area contributed by atoms with Crippen LogP contribution in [0.3, 0.4) is 0 Å². The zero-order valence-electron chi connectivity index (χ0n) is 16.9. The second-order valence-electron chi connectivity index (χ2n) is 6.90. The van der Waals surface area contributed by atoms with E-state index in [1.54, 1.807) is 19.4 Å². The summed E-state index contributed by atoms with van der Waals surface area (Å²) in [5.74, 6) is 1.66. The summed E-state index contributed by atoms with van der Waals surface area (Å²) in [5, 5.41) is 7.25. The van der Waals surface area contributed by atoms with E-state index in [9.17, 15) is 0 Å². The number of piperazine rings is 1. The topological polar surface area (TPSA) is 81.6 Å². The number of aliphatic imine (C=N–C) groups is 1. The molecule has 2 N–H and O–H groups in total. The predicted molar refractivity (Wildman–Crippen MR) is 118 cm³/mol. The Kier molecular flexibility index (Phi) is 8.45. The van der Waals surface area contributed by atoms with Gasteiger partial charge in [-0.05, 0) is 37.1 Å². The third-order valence-electron chi connectivity index (χ3n) is 4.87. The van der Waals surface area contributed by atoms with Crippen molar-refractivity contribution in [3.05, 3.63) is 47.5 Å². The smallest absolute Gasteiger partial charge is 0.225 e. The van der Waals surface area contributed by atoms with Crippen LogP contribution in [-0.2, 0) is 6.42 Å². The van der Waals surface area contributed by atoms with Gasteiger partial charge in [-0.3, -0.25) is 9.89 Å². The molecule has 3 rings (SSSR count). The van der Waals surface area contributed by atoms with Gasteiger partial charge in [-0.25, -0.2) is 15.0 Å². The number of nitrogens with zero attached hydrogens (tertiary/aromatic N) is 6. The summed E-state index contributed by atoms with van der Waals surface area (Å²) in [6, 6.07) is 5.66. The zero-order valence-corrected chi connectivity index (χ0v) is 17.6. The van der Waals surface area contributed by atoms with Gasteiger partial charge in [0.15, 0.2) is 5.96 Å². The first-order valence-corrected chi connectivity index (χ1v) is 10.4. The SMILES string of the molecule is CN=C(NCCCN1CCN(c2ncccn2)CC1)NCCc1ccc(Cl)nc1. The normalized spacial score (nSPS) is 15.4. The van der Waals surface area contributed by atoms with Gasteiger partial charge in [0, 0.05) is 64.9 Å². The average Bonchev–Trinajstić information content (AvgIpc) is 2.78. The first-order chi connectivity index (χ1) is 14.2. The molecule has 0 atom stereocenters. The number of pyridine rings is 1. The molecule has 0 spiro atoms. The van der Waals surface area contributed by atoms with Crippen molar-refractivity contribution in [2.45, 2.75) is 12.8 Å². The molecule has 8 nitrogen and oxygen atoms in total. The van der Waals surface area contributed by atoms with Crippen LogP contribution in [0.4, 0.5) is 5.95 Å². The molecule has 0 unspecified atom stereocenters. The van der Waals surface area contributed by atoms with E-state index in [0.29, 0.717) is 5.15 Å². The van der Waals surface area contributed by atoms with E-state index in [1.807, 2.05) is 24.4 Å². The highest BCUT2D eigenvalue weighted by Gasteiger charge is 2.18. The Hall–Kier alpha value is -2.45. The standard InChI is InChI=1S/C20H29ClN8/c1-22-19(24-10-6-17-4-5-18(21)27-16-17)23-9-3-11-28-12-14-29(15-13-28)20-25-7-2-8-26-20/h2,4-5,7-8,16H,3,6,9-15H2,1H3,(H2,22,23,24). The summed E-state index contributed by atoms with van der Waals surface area (Å²) in [6.07, 6.45) is 7.36. The molecule has 0 bridgehead atoms. The molecule has 1 aliphatic heterocycles. The lowest BCUT2D eigenvalue weighted by molar-refractivity contribution is 0.254. The molecule has 0 aliphatic carbocycles. The van der Waals surface area contributed by atoms with Crippen molar-refractivity contribution in [2.24, 2.45) is 4.99 Å². The molecular weight excluding hydrogens is 388 g/mol. The lowest BCUT2D eigenvalue weighted by Crippen LogP contribution is -2.47. The van der Waals surface area contributed by atoms with E-state index in [4.69, 9.17) is 11.6 Å². The van der Waals surface area contributed by atoms with Gasteiger partial charge < -0.3 is 15.5 Å². The molecule has 0 radical (unpaired) electrons. The van der Waals surface area contributed by atoms with Crippen molar-refractivity contribution < 1.29 is 0 Å². The van der Waals surface area contributed by atoms with Crippen LogP contribution in [0.15, 0.2) is 41.8 Å². The number of rotatable bonds is 8. The Bertz CT molecular complexity index is 745. The van der Waals surface area contributed by atoms with Gasteiger partial charge in [0.05, 0.1) is 0 Å². The third-order valence-corrected chi connectivity index (χ3v) is 5.09. The molecule has 29 heavy (non-hydrogen) atoms. The maximum atomic E-state index is 5.81. The second-order valence-corrected chi connectivity index (χ2v) is 7.28. The van der Waals surface area contributed by atoms with E-state index in [2.05, 4.69) is 40.4 Å². The molecule has 1 fully saturated rings. The number of hydrogen-bond donors (Lipinski definition) is 2. The molecular formula is C20H29ClN8. The fourth-order valence-electron chi connectivity index (χ4n) is 3.24. The third kappa shape index (κ3) is 7.14. The quantitative estimate of drug-likeness (QED) is 0.291. The average molecular weight is 417 g/mol. The van der Waals surface area contributed by atoms with Crippen LogP contribution in [0.1, 0.15) is 12.0 Å². The van der Waals surface area contributed by atoms with Crippen LogP contribution in [0.2, 0.25) is 5.15 Å². The van der Waals surface area contributed by atoms with Crippen molar-refractivity contribution in [3.8, 4) is 0 Å². The Labute approximate surface area is 177 Å². The van der Waals surface area contributed by atoms with Crippen molar-refractivity contribution >= 4 is 23.5 Å². The van der Waals surface area contributed by atoms with E-state index < -0.39 is 0 Å². The minimum atomic E-state index is 0.522. The van der Waals surface area contributed by atoms with Crippen LogP contribution < -0.4 is 15.5 Å². The van der Waals surface area contributed by atoms with Crippen molar-refractivity contribution in [2.75, 3.05) is 57.8 Å². The fraction of sp³-hybridized carbons (Fsp3) is 0.500. The molecule has 0 aromatic carbocycles. The molecule has 156 valence electrons. The predicted octanol–water partition coefficient (Wildman–Crippen LogP) is 1.44. The summed E-state index contributed by atoms with van der Waals surface area (Å²) in [4.78, 5) is 21.8. The van der Waals surface area contributed by atoms with E-state index in [0.717, 1.165) is 76.1 Å². The summed E-state index contributed by atoms with van der Waals surface area (Å²) in [7, 11) is 1.80. The van der Waals surface area contributed by atoms with Gasteiger partial charge in [-0.1, -0.05) is 17.7 Å². The highest BCUT2D eigenvalue weighted by molar-refractivity contribution is 6.29. The monoisotopic (exact) mass is 416 g/mol. The van der Waals surface area contributed by atoms with Gasteiger partial charge in [-0.15, -0.1) is 0 Å². The van der Waals surface area contributed by atoms with Crippen LogP contribution in [0.25, 0.3) is 0 Å². The maximum Gasteiger partial charge on any atom is 0.225 e. The van der Waals surface area contributed by atoms with Crippen molar-refractivity contribution in [1.82, 2.24) is 30.5 Å². The molecule has 9 heteroatoms. The Balaban J connectivity index is 1.27. The number of anilines is 1. The molecule has 2 aromatic rings. The van der Waals surface area contributed by atoms with E-state index >= 15 is 0 Å². The fourth-order valence-corrected chi connectivity index (χ4v) is 3.35. The number of nitrogens with one attached hydrogen (secondary N) is 2. The summed E-state index contributed by atoms with van der Waals surface area (Å²) in [6.45, 7) is 6.79. The lowest BCUT2D eigenvalue weighted by Gasteiger charge is -2.34. The van der Waals surface area contributed by atoms with Crippen LogP contribution in [0.5, 0.6) is 0 Å². The van der Waals surface area contributed by atoms with E-state index in [-0.39, 0.29) is 0 Å². The molecule has 2 aromatic heterocycles. The molecule has 0 saturated carbocycles. The number of aromatic nitrogens is 3. The van der Waals surface area contributed by atoms with Gasteiger partial charge in [0.2, 0.25) is 5.95 Å². The van der Waals surface area contributed by atoms with Crippen LogP contribution in [-0.4, -0.2) is 78.7 Å². The summed E-state index contributed by atoms with van der Waals surface area (Å²) in [5.41, 5.74) is 1.15. The van der Waals surface area contributed by atoms with Crippen LogP contribution >= 0.6 is 11.6 Å². The van der Waals surface area contributed by atoms with Crippen molar-refractivity contribution in [3.63, 3.8) is 0 Å². The highest BCUT2D eigenvalue weighted by Crippen LogP contribution is 2.09. The van der Waals surface area contributed by atoms with Crippen molar-refractivity contribution in [1.29, 1.82) is 0 Å². The number of guanidine groups is 1. The Morgan fingerprint density at radius 2 is 1.83 bits per heavy atom. The van der Waals surface area contributed by atoms with E-state index in [1.165, 1.54) is 0 Å². The number of halogens is 1. The van der Waals surface area contributed by atoms with Crippen LogP contribution in [0, 0.1) is 0 Å². The second kappa shape index (κ2) is 11.5. The highest BCUT2D eigenvalue weighted by atomic mass is 35.5. The Morgan fingerprint density at radius 1 is 1.07 bits per heavy atom. The largest absolute Gasteiger partial charge is 0.356 e. The minimum Gasteiger partial charge on any atom is -0.356 e. The molecule has 3 heterocycles. The summed E-state index contributed by atoms with van der Waals surface area (Å²) >= 11 is 5.81. The molecule has 0 amide bonds. The lowest BCUT2D eigenvalue weighted by atomic mass is 10.2. The first kappa shape index (κ1) is 21.3. The zero-order chi connectivity index (χ0) is 20.3. The molecule has 1 saturated heterocycles. The first-order valence-electron chi connectivity index (χ1n) is 10.0. The maximum absolute atomic E-state index is 5.81. The summed E-state index contributed by atoms with van der Waals surface area (Å²) < 4.78 is 0. The minimum absolute atomic E-state index is 0.522. The Morgan fingerprint density at radius 3 is 2.52 bits per heavy atom. The van der Waals surface area contributed by atoms with Gasteiger partial charge in [-0.2, -0.15) is 0 Å². The van der Waals surface area contributed by atoms with Gasteiger partial charge in [0.1, 0.15) is 5.15 Å². The molecule has 1 aliphatic rings. The van der Waals surface area contributed by atoms with Gasteiger partial charge >= 0.3 is 0 Å².